The van der Waals surface area contributed by atoms with E-state index in [9.17, 15) is 14.0 Å². The quantitative estimate of drug-likeness (QED) is 0.900. The van der Waals surface area contributed by atoms with Crippen LogP contribution >= 0.6 is 0 Å². The van der Waals surface area contributed by atoms with Crippen molar-refractivity contribution in [3.8, 4) is 0 Å². The minimum Gasteiger partial charge on any atom is -0.340 e. The van der Waals surface area contributed by atoms with Gasteiger partial charge in [-0.15, -0.1) is 0 Å². The minimum absolute atomic E-state index is 0.0270. The molecule has 1 saturated heterocycles. The second kappa shape index (κ2) is 6.98. The van der Waals surface area contributed by atoms with Gasteiger partial charge in [0.25, 0.3) is 0 Å². The second-order valence-electron chi connectivity index (χ2n) is 6.36. The molecule has 1 heterocycles. The Bertz CT molecular complexity index is 570. The van der Waals surface area contributed by atoms with Crippen molar-refractivity contribution in [2.75, 3.05) is 18.4 Å². The number of benzene rings is 1. The molecule has 5 nitrogen and oxygen atoms in total. The number of halogens is 1. The maximum Gasteiger partial charge on any atom is 0.319 e. The number of carbonyl (C=O) groups excluding carboxylic acids is 2. The van der Waals surface area contributed by atoms with E-state index < -0.39 is 0 Å². The fraction of sp³-hybridized carbons (Fsp3) is 0.529. The fourth-order valence-electron chi connectivity index (χ4n) is 3.40. The van der Waals surface area contributed by atoms with Crippen LogP contribution in [0.4, 0.5) is 14.9 Å². The Balaban J connectivity index is 1.46. The van der Waals surface area contributed by atoms with Gasteiger partial charge in [0.2, 0.25) is 5.91 Å². The van der Waals surface area contributed by atoms with Gasteiger partial charge in [-0.3, -0.25) is 4.79 Å². The SMILES string of the molecule is O=C(Nc1ccc(F)cc1)N[C@H]1CCN(C(=O)C2CCCC2)C1. The van der Waals surface area contributed by atoms with Gasteiger partial charge in [0, 0.05) is 30.7 Å². The van der Waals surface area contributed by atoms with Crippen molar-refractivity contribution in [2.45, 2.75) is 38.1 Å². The van der Waals surface area contributed by atoms with Crippen molar-refractivity contribution >= 4 is 17.6 Å². The molecule has 2 aliphatic rings. The molecule has 3 rings (SSSR count). The van der Waals surface area contributed by atoms with Crippen LogP contribution in [0.2, 0.25) is 0 Å². The lowest BCUT2D eigenvalue weighted by Crippen LogP contribution is -2.41. The zero-order chi connectivity index (χ0) is 16.2. The van der Waals surface area contributed by atoms with Crippen LogP contribution in [0.25, 0.3) is 0 Å². The van der Waals surface area contributed by atoms with Crippen LogP contribution in [0.3, 0.4) is 0 Å². The van der Waals surface area contributed by atoms with Crippen LogP contribution < -0.4 is 10.6 Å². The standard InChI is InChI=1S/C17H22FN3O2/c18-13-5-7-14(8-6-13)19-17(23)20-15-9-10-21(11-15)16(22)12-3-1-2-4-12/h5-8,12,15H,1-4,9-11H2,(H2,19,20,23)/t15-/m0/s1. The highest BCUT2D eigenvalue weighted by atomic mass is 19.1. The number of anilines is 1. The molecular formula is C17H22FN3O2. The summed E-state index contributed by atoms with van der Waals surface area (Å²) in [6, 6.07) is 5.27. The molecule has 0 aromatic heterocycles. The van der Waals surface area contributed by atoms with Crippen LogP contribution in [0.15, 0.2) is 24.3 Å². The van der Waals surface area contributed by atoms with E-state index in [-0.39, 0.29) is 29.7 Å². The van der Waals surface area contributed by atoms with Gasteiger partial charge in [0.05, 0.1) is 0 Å². The van der Waals surface area contributed by atoms with Crippen LogP contribution in [0.5, 0.6) is 0 Å². The van der Waals surface area contributed by atoms with Crippen molar-refractivity contribution in [1.29, 1.82) is 0 Å². The summed E-state index contributed by atoms with van der Waals surface area (Å²) in [4.78, 5) is 26.2. The molecular weight excluding hydrogens is 297 g/mol. The highest BCUT2D eigenvalue weighted by molar-refractivity contribution is 5.89. The molecule has 1 aromatic rings. The van der Waals surface area contributed by atoms with E-state index >= 15 is 0 Å². The molecule has 0 bridgehead atoms. The first kappa shape index (κ1) is 15.8. The maximum atomic E-state index is 12.8. The summed E-state index contributed by atoms with van der Waals surface area (Å²) in [5.74, 6) is 0.0837. The molecule has 0 spiro atoms. The Morgan fingerprint density at radius 3 is 2.48 bits per heavy atom. The number of urea groups is 1. The summed E-state index contributed by atoms with van der Waals surface area (Å²) < 4.78 is 12.8. The van der Waals surface area contributed by atoms with Gasteiger partial charge in [0.15, 0.2) is 0 Å². The molecule has 1 atom stereocenters. The average Bonchev–Trinajstić information content (AvgIpc) is 3.20. The molecule has 1 saturated carbocycles. The molecule has 23 heavy (non-hydrogen) atoms. The number of likely N-dealkylation sites (tertiary alicyclic amines) is 1. The average molecular weight is 319 g/mol. The summed E-state index contributed by atoms with van der Waals surface area (Å²) >= 11 is 0. The first-order valence-electron chi connectivity index (χ1n) is 8.24. The molecule has 1 aliphatic carbocycles. The molecule has 3 amide bonds. The van der Waals surface area contributed by atoms with Gasteiger partial charge in [-0.1, -0.05) is 12.8 Å². The molecule has 6 heteroatoms. The zero-order valence-corrected chi connectivity index (χ0v) is 13.1. The predicted octanol–water partition coefficient (Wildman–Crippen LogP) is 2.74. The number of hydrogen-bond acceptors (Lipinski definition) is 2. The van der Waals surface area contributed by atoms with Crippen LogP contribution in [-0.2, 0) is 4.79 Å². The predicted molar refractivity (Wildman–Crippen MR) is 85.5 cm³/mol. The van der Waals surface area contributed by atoms with Gasteiger partial charge in [-0.05, 0) is 43.5 Å². The second-order valence-corrected chi connectivity index (χ2v) is 6.36. The number of rotatable bonds is 3. The highest BCUT2D eigenvalue weighted by Gasteiger charge is 2.32. The largest absolute Gasteiger partial charge is 0.340 e. The lowest BCUT2D eigenvalue weighted by Gasteiger charge is -2.20. The summed E-state index contributed by atoms with van der Waals surface area (Å²) in [7, 11) is 0. The van der Waals surface area contributed by atoms with E-state index in [1.807, 2.05) is 4.90 Å². The van der Waals surface area contributed by atoms with Crippen LogP contribution in [0.1, 0.15) is 32.1 Å². The third-order valence-corrected chi connectivity index (χ3v) is 4.64. The van der Waals surface area contributed by atoms with Gasteiger partial charge >= 0.3 is 6.03 Å². The topological polar surface area (TPSA) is 61.4 Å². The molecule has 1 aromatic carbocycles. The van der Waals surface area contributed by atoms with E-state index in [1.54, 1.807) is 0 Å². The lowest BCUT2D eigenvalue weighted by atomic mass is 10.1. The van der Waals surface area contributed by atoms with E-state index in [4.69, 9.17) is 0 Å². The van der Waals surface area contributed by atoms with Crippen molar-refractivity contribution in [3.05, 3.63) is 30.1 Å². The lowest BCUT2D eigenvalue weighted by molar-refractivity contribution is -0.134. The maximum absolute atomic E-state index is 12.8. The molecule has 124 valence electrons. The van der Waals surface area contributed by atoms with Crippen LogP contribution in [-0.4, -0.2) is 36.0 Å². The first-order chi connectivity index (χ1) is 11.1. The molecule has 2 fully saturated rings. The van der Waals surface area contributed by atoms with Gasteiger partial charge in [0.1, 0.15) is 5.82 Å². The highest BCUT2D eigenvalue weighted by Crippen LogP contribution is 2.27. The number of hydrogen-bond donors (Lipinski definition) is 2. The van der Waals surface area contributed by atoms with E-state index in [2.05, 4.69) is 10.6 Å². The Labute approximate surface area is 135 Å². The van der Waals surface area contributed by atoms with Crippen LogP contribution in [0, 0.1) is 11.7 Å². The smallest absolute Gasteiger partial charge is 0.319 e. The van der Waals surface area contributed by atoms with Gasteiger partial charge < -0.3 is 15.5 Å². The van der Waals surface area contributed by atoms with E-state index in [1.165, 1.54) is 24.3 Å². The molecule has 0 unspecified atom stereocenters. The molecule has 1 aliphatic heterocycles. The first-order valence-corrected chi connectivity index (χ1v) is 8.24. The van der Waals surface area contributed by atoms with E-state index in [0.717, 1.165) is 32.1 Å². The number of amides is 3. The zero-order valence-electron chi connectivity index (χ0n) is 13.1. The van der Waals surface area contributed by atoms with E-state index in [0.29, 0.717) is 18.8 Å². The number of nitrogens with one attached hydrogen (secondary N) is 2. The van der Waals surface area contributed by atoms with Gasteiger partial charge in [-0.25, -0.2) is 9.18 Å². The Hall–Kier alpha value is -2.11. The third kappa shape index (κ3) is 4.00. The van der Waals surface area contributed by atoms with Crippen molar-refractivity contribution < 1.29 is 14.0 Å². The number of nitrogens with zero attached hydrogens (tertiary/aromatic N) is 1. The normalized spacial score (nSPS) is 21.4. The fourth-order valence-corrected chi connectivity index (χ4v) is 3.40. The minimum atomic E-state index is -0.340. The summed E-state index contributed by atoms with van der Waals surface area (Å²) in [5.41, 5.74) is 0.542. The van der Waals surface area contributed by atoms with Gasteiger partial charge in [-0.2, -0.15) is 0 Å². The van der Waals surface area contributed by atoms with Crippen molar-refractivity contribution in [1.82, 2.24) is 10.2 Å². The Kier molecular flexibility index (Phi) is 4.79. The summed E-state index contributed by atoms with van der Waals surface area (Å²) in [6.07, 6.45) is 5.06. The molecule has 0 radical (unpaired) electrons. The number of carbonyl (C=O) groups is 2. The summed E-state index contributed by atoms with van der Waals surface area (Å²) in [5, 5.41) is 5.55. The summed E-state index contributed by atoms with van der Waals surface area (Å²) in [6.45, 7) is 1.28. The Morgan fingerprint density at radius 2 is 1.78 bits per heavy atom. The monoisotopic (exact) mass is 319 g/mol. The third-order valence-electron chi connectivity index (χ3n) is 4.64. The Morgan fingerprint density at radius 1 is 1.09 bits per heavy atom. The van der Waals surface area contributed by atoms with Crippen molar-refractivity contribution in [2.24, 2.45) is 5.92 Å². The molecule has 2 N–H and O–H groups in total. The van der Waals surface area contributed by atoms with Crippen molar-refractivity contribution in [3.63, 3.8) is 0 Å².